The molecular weight excluding hydrogens is 472 g/mol. The van der Waals surface area contributed by atoms with Crippen molar-refractivity contribution < 1.29 is 23.1 Å². The Hall–Kier alpha value is 0.234. The smallest absolute Gasteiger partial charge is 0.184 e. The second kappa shape index (κ2) is 11.5. The Kier molecular flexibility index (Phi) is 9.32. The van der Waals surface area contributed by atoms with E-state index in [2.05, 4.69) is 40.0 Å². The lowest BCUT2D eigenvalue weighted by atomic mass is 9.87. The van der Waals surface area contributed by atoms with E-state index in [-0.39, 0.29) is 34.5 Å². The van der Waals surface area contributed by atoms with Crippen molar-refractivity contribution in [2.75, 3.05) is 26.4 Å². The molecule has 7 heteroatoms. The first-order valence-electron chi connectivity index (χ1n) is 14.8. The number of rotatable bonds is 8. The molecule has 4 saturated heterocycles. The number of ether oxygens (including phenoxy) is 4. The van der Waals surface area contributed by atoms with Crippen molar-refractivity contribution in [1.82, 2.24) is 0 Å². The van der Waals surface area contributed by atoms with Crippen LogP contribution in [0, 0.1) is 0 Å². The Bertz CT molecular complexity index is 568. The average molecular weight is 527 g/mol. The first-order valence-corrected chi connectivity index (χ1v) is 20.6. The molecule has 0 radical (unpaired) electrons. The molecule has 0 aromatic rings. The summed E-state index contributed by atoms with van der Waals surface area (Å²) in [6.07, 6.45) is 15.2. The van der Waals surface area contributed by atoms with E-state index in [0.717, 1.165) is 52.1 Å². The molecule has 0 aromatic carbocycles. The van der Waals surface area contributed by atoms with Gasteiger partial charge in [-0.25, -0.2) is 0 Å². The summed E-state index contributed by atoms with van der Waals surface area (Å²) in [7, 11) is -4.61. The third kappa shape index (κ3) is 5.53. The molecule has 4 atom stereocenters. The van der Waals surface area contributed by atoms with Crippen LogP contribution in [-0.4, -0.2) is 67.5 Å². The van der Waals surface area contributed by atoms with Crippen LogP contribution in [0.1, 0.15) is 90.9 Å². The lowest BCUT2D eigenvalue weighted by molar-refractivity contribution is -0.0926. The fraction of sp³-hybridized carbons (Fsp3) is 1.00. The number of hydrogen-bond acceptors (Lipinski definition) is 5. The monoisotopic (exact) mass is 526 g/mol. The molecule has 0 aliphatic carbocycles. The quantitative estimate of drug-likeness (QED) is 0.313. The van der Waals surface area contributed by atoms with Gasteiger partial charge in [0.05, 0.1) is 24.4 Å². The molecule has 204 valence electrons. The minimum atomic E-state index is -2.30. The molecule has 4 aliphatic rings. The zero-order chi connectivity index (χ0) is 25.2. The molecular formula is C28H54O5Si2. The van der Waals surface area contributed by atoms with Crippen LogP contribution in [0.15, 0.2) is 0 Å². The molecule has 0 spiro atoms. The lowest BCUT2D eigenvalue weighted by Crippen LogP contribution is -2.66. The van der Waals surface area contributed by atoms with E-state index in [0.29, 0.717) is 0 Å². The molecule has 4 rings (SSSR count). The second-order valence-electron chi connectivity index (χ2n) is 13.1. The first kappa shape index (κ1) is 28.2. The summed E-state index contributed by atoms with van der Waals surface area (Å²) in [5.41, 5.74) is 0. The van der Waals surface area contributed by atoms with Gasteiger partial charge in [0, 0.05) is 36.5 Å². The third-order valence-electron chi connectivity index (χ3n) is 10.5. The largest absolute Gasteiger partial charge is 0.454 e. The van der Waals surface area contributed by atoms with E-state index in [1.165, 1.54) is 51.4 Å². The second-order valence-corrected chi connectivity index (χ2v) is 22.1. The summed E-state index contributed by atoms with van der Waals surface area (Å²) >= 11 is 0. The first-order chi connectivity index (χ1) is 16.6. The van der Waals surface area contributed by atoms with Gasteiger partial charge in [-0.05, 0) is 103 Å². The molecule has 4 fully saturated rings. The minimum Gasteiger partial charge on any atom is -0.454 e. The van der Waals surface area contributed by atoms with Crippen molar-refractivity contribution in [2.45, 2.75) is 152 Å². The molecule has 35 heavy (non-hydrogen) atoms. The molecule has 0 amide bonds. The molecule has 0 N–H and O–H groups in total. The van der Waals surface area contributed by atoms with Crippen molar-refractivity contribution in [3.05, 3.63) is 0 Å². The fourth-order valence-electron chi connectivity index (χ4n) is 7.68. The van der Waals surface area contributed by atoms with Crippen molar-refractivity contribution in [2.24, 2.45) is 0 Å². The maximum absolute atomic E-state index is 7.73. The van der Waals surface area contributed by atoms with Gasteiger partial charge in [-0.1, -0.05) is 13.8 Å². The predicted molar refractivity (Wildman–Crippen MR) is 147 cm³/mol. The van der Waals surface area contributed by atoms with Crippen LogP contribution in [-0.2, 0) is 23.1 Å². The summed E-state index contributed by atoms with van der Waals surface area (Å²) in [6.45, 7) is 18.3. The van der Waals surface area contributed by atoms with Gasteiger partial charge < -0.3 is 23.1 Å². The highest BCUT2D eigenvalue weighted by Gasteiger charge is 2.63. The van der Waals surface area contributed by atoms with Crippen LogP contribution in [0.4, 0.5) is 0 Å². The van der Waals surface area contributed by atoms with Gasteiger partial charge >= 0.3 is 0 Å². The fourth-order valence-corrected chi connectivity index (χ4v) is 18.6. The van der Waals surface area contributed by atoms with E-state index in [1.54, 1.807) is 0 Å². The van der Waals surface area contributed by atoms with Crippen LogP contribution < -0.4 is 0 Å². The Morgan fingerprint density at radius 3 is 0.943 bits per heavy atom. The Labute approximate surface area is 217 Å². The van der Waals surface area contributed by atoms with Crippen LogP contribution in [0.5, 0.6) is 0 Å². The SMILES string of the molecule is CC(C1CCCCO1)(C1CCCCO1)[Si](C)(C)O[Si](C)(C)C(C)(C1CCCCO1)C1CCCCO1. The topological polar surface area (TPSA) is 46.2 Å². The van der Waals surface area contributed by atoms with E-state index >= 15 is 0 Å². The maximum Gasteiger partial charge on any atom is 0.184 e. The van der Waals surface area contributed by atoms with E-state index in [1.807, 2.05) is 0 Å². The zero-order valence-corrected chi connectivity index (χ0v) is 25.7. The Balaban J connectivity index is 1.67. The van der Waals surface area contributed by atoms with Crippen LogP contribution in [0.2, 0.25) is 36.3 Å². The van der Waals surface area contributed by atoms with Gasteiger partial charge in [-0.15, -0.1) is 0 Å². The standard InChI is InChI=1S/C28H54O5Si2/c1-27(23-15-7-11-19-29-23,24-16-8-12-20-30-24)34(3,4)33-35(5,6)28(2,25-17-9-13-21-31-25)26-18-10-14-22-32-26/h23-26H,7-22H2,1-6H3. The predicted octanol–water partition coefficient (Wildman–Crippen LogP) is 7.21. The van der Waals surface area contributed by atoms with Crippen LogP contribution >= 0.6 is 0 Å². The van der Waals surface area contributed by atoms with Crippen molar-refractivity contribution in [3.63, 3.8) is 0 Å². The van der Waals surface area contributed by atoms with Gasteiger partial charge in [0.25, 0.3) is 0 Å². The van der Waals surface area contributed by atoms with Crippen LogP contribution in [0.25, 0.3) is 0 Å². The van der Waals surface area contributed by atoms with Gasteiger partial charge in [-0.2, -0.15) is 0 Å². The van der Waals surface area contributed by atoms with Gasteiger partial charge in [0.2, 0.25) is 0 Å². The minimum absolute atomic E-state index is 0.0696. The highest BCUT2D eigenvalue weighted by Crippen LogP contribution is 2.57. The van der Waals surface area contributed by atoms with E-state index < -0.39 is 16.6 Å². The average Bonchev–Trinajstić information content (AvgIpc) is 2.89. The Morgan fingerprint density at radius 2 is 0.743 bits per heavy atom. The maximum atomic E-state index is 7.73. The third-order valence-corrected chi connectivity index (χ3v) is 21.1. The zero-order valence-electron chi connectivity index (χ0n) is 23.7. The summed E-state index contributed by atoms with van der Waals surface area (Å²) < 4.78 is 34.0. The molecule has 4 heterocycles. The summed E-state index contributed by atoms with van der Waals surface area (Å²) in [5, 5.41) is -0.139. The van der Waals surface area contributed by atoms with Crippen molar-refractivity contribution in [3.8, 4) is 0 Å². The van der Waals surface area contributed by atoms with E-state index in [4.69, 9.17) is 23.1 Å². The number of hydrogen-bond donors (Lipinski definition) is 0. The van der Waals surface area contributed by atoms with Gasteiger partial charge in [0.1, 0.15) is 0 Å². The van der Waals surface area contributed by atoms with Gasteiger partial charge in [0.15, 0.2) is 16.6 Å². The molecule has 0 aromatic heterocycles. The molecule has 5 nitrogen and oxygen atoms in total. The molecule has 0 saturated carbocycles. The normalized spacial score (nSPS) is 35.1. The lowest BCUT2D eigenvalue weighted by Gasteiger charge is -2.59. The summed E-state index contributed by atoms with van der Waals surface area (Å²) in [4.78, 5) is 0. The molecule has 4 unspecified atom stereocenters. The van der Waals surface area contributed by atoms with Crippen LogP contribution in [0.3, 0.4) is 0 Å². The highest BCUT2D eigenvalue weighted by molar-refractivity contribution is 6.88. The summed E-state index contributed by atoms with van der Waals surface area (Å²) in [6, 6.07) is 0. The van der Waals surface area contributed by atoms with Gasteiger partial charge in [-0.3, -0.25) is 0 Å². The summed E-state index contributed by atoms with van der Waals surface area (Å²) in [5.74, 6) is 0. The Morgan fingerprint density at radius 1 is 0.486 bits per heavy atom. The molecule has 4 aliphatic heterocycles. The van der Waals surface area contributed by atoms with Crippen molar-refractivity contribution >= 4 is 16.6 Å². The molecule has 0 bridgehead atoms. The van der Waals surface area contributed by atoms with Crippen molar-refractivity contribution in [1.29, 1.82) is 0 Å². The van der Waals surface area contributed by atoms with E-state index in [9.17, 15) is 0 Å². The highest BCUT2D eigenvalue weighted by atomic mass is 28.4.